The summed E-state index contributed by atoms with van der Waals surface area (Å²) in [6, 6.07) is 3.59. The maximum Gasteiger partial charge on any atom is 0.241 e. The number of carbonyl (C=O) groups excluding carboxylic acids is 1. The average molecular weight is 346 g/mol. The first kappa shape index (κ1) is 16.3. The van der Waals surface area contributed by atoms with Crippen molar-refractivity contribution < 1.29 is 18.5 Å². The van der Waals surface area contributed by atoms with Gasteiger partial charge in [-0.05, 0) is 31.5 Å². The molecule has 0 spiro atoms. The van der Waals surface area contributed by atoms with Crippen LogP contribution in [0.5, 0.6) is 0 Å². The fourth-order valence-electron chi connectivity index (χ4n) is 3.46. The van der Waals surface area contributed by atoms with E-state index in [1.807, 2.05) is 4.90 Å². The van der Waals surface area contributed by atoms with Gasteiger partial charge in [0.05, 0.1) is 31.9 Å². The Morgan fingerprint density at radius 1 is 1.28 bits per heavy atom. The van der Waals surface area contributed by atoms with Crippen molar-refractivity contribution in [2.75, 3.05) is 39.4 Å². The Balaban J connectivity index is 1.36. The zero-order valence-electron chi connectivity index (χ0n) is 14.1. The molecule has 2 fully saturated rings. The van der Waals surface area contributed by atoms with Crippen LogP contribution >= 0.6 is 0 Å². The maximum atomic E-state index is 12.7. The van der Waals surface area contributed by atoms with Crippen molar-refractivity contribution in [3.63, 3.8) is 0 Å². The van der Waals surface area contributed by atoms with Gasteiger partial charge in [-0.15, -0.1) is 0 Å². The van der Waals surface area contributed by atoms with Crippen LogP contribution in [0, 0.1) is 5.92 Å². The lowest BCUT2D eigenvalue weighted by molar-refractivity contribution is -0.141. The smallest absolute Gasteiger partial charge is 0.241 e. The topological polar surface area (TPSA) is 84.8 Å². The third kappa shape index (κ3) is 3.74. The van der Waals surface area contributed by atoms with Crippen molar-refractivity contribution in [1.29, 1.82) is 0 Å². The zero-order chi connectivity index (χ0) is 17.1. The van der Waals surface area contributed by atoms with Crippen molar-refractivity contribution in [1.82, 2.24) is 19.9 Å². The zero-order valence-corrected chi connectivity index (χ0v) is 14.1. The molecule has 8 nitrogen and oxygen atoms in total. The van der Waals surface area contributed by atoms with Crippen molar-refractivity contribution in [3.8, 4) is 11.6 Å². The van der Waals surface area contributed by atoms with Crippen LogP contribution in [0.4, 0.5) is 0 Å². The van der Waals surface area contributed by atoms with Gasteiger partial charge >= 0.3 is 0 Å². The van der Waals surface area contributed by atoms with Crippen LogP contribution < -0.4 is 0 Å². The Hall–Kier alpha value is -2.19. The van der Waals surface area contributed by atoms with E-state index >= 15 is 0 Å². The third-order valence-electron chi connectivity index (χ3n) is 4.75. The van der Waals surface area contributed by atoms with Crippen LogP contribution in [0.1, 0.15) is 18.7 Å². The lowest BCUT2D eigenvalue weighted by atomic mass is 9.96. The molecule has 2 aromatic heterocycles. The molecule has 2 aromatic rings. The Morgan fingerprint density at radius 3 is 2.96 bits per heavy atom. The molecule has 1 amide bonds. The molecule has 25 heavy (non-hydrogen) atoms. The van der Waals surface area contributed by atoms with Crippen molar-refractivity contribution in [3.05, 3.63) is 24.3 Å². The summed E-state index contributed by atoms with van der Waals surface area (Å²) in [6.45, 7) is 4.90. The van der Waals surface area contributed by atoms with E-state index in [4.69, 9.17) is 13.7 Å². The first-order valence-electron chi connectivity index (χ1n) is 8.75. The molecule has 1 atom stereocenters. The highest BCUT2D eigenvalue weighted by Crippen LogP contribution is 2.22. The lowest BCUT2D eigenvalue weighted by Gasteiger charge is -2.35. The highest BCUT2D eigenvalue weighted by Gasteiger charge is 2.30. The maximum absolute atomic E-state index is 12.7. The average Bonchev–Trinajstić information content (AvgIpc) is 3.34. The molecule has 134 valence electrons. The standard InChI is InChI=1S/C17H22N4O4/c22-17(21-6-9-23-10-7-21)13-3-1-5-20(11-13)12-15-18-16(19-25-15)14-4-2-8-24-14/h2,4,8,13H,1,3,5-7,9-12H2/t13-/m0/s1. The SMILES string of the molecule is O=C([C@H]1CCCN(Cc2nc(-c3ccco3)no2)C1)N1CCOCC1. The van der Waals surface area contributed by atoms with Gasteiger partial charge in [0.15, 0.2) is 5.76 Å². The number of amides is 1. The molecule has 0 saturated carbocycles. The van der Waals surface area contributed by atoms with Gasteiger partial charge in [-0.2, -0.15) is 4.98 Å². The summed E-state index contributed by atoms with van der Waals surface area (Å²) < 4.78 is 15.9. The Bertz CT molecular complexity index is 693. The second-order valence-electron chi connectivity index (χ2n) is 6.50. The molecule has 4 heterocycles. The normalized spacial score (nSPS) is 22.2. The summed E-state index contributed by atoms with van der Waals surface area (Å²) in [5.41, 5.74) is 0. The fraction of sp³-hybridized carbons (Fsp3) is 0.588. The number of furan rings is 1. The molecule has 8 heteroatoms. The molecule has 4 rings (SSSR count). The van der Waals surface area contributed by atoms with E-state index in [1.165, 1.54) is 0 Å². The molecule has 2 aliphatic rings. The summed E-state index contributed by atoms with van der Waals surface area (Å²) >= 11 is 0. The number of carbonyl (C=O) groups is 1. The molecule has 0 bridgehead atoms. The van der Waals surface area contributed by atoms with Gasteiger partial charge in [-0.1, -0.05) is 5.16 Å². The van der Waals surface area contributed by atoms with Gasteiger partial charge in [0.25, 0.3) is 0 Å². The predicted octanol–water partition coefficient (Wildman–Crippen LogP) is 1.40. The van der Waals surface area contributed by atoms with Gasteiger partial charge in [0.2, 0.25) is 17.6 Å². The highest BCUT2D eigenvalue weighted by atomic mass is 16.5. The van der Waals surface area contributed by atoms with Crippen molar-refractivity contribution in [2.45, 2.75) is 19.4 Å². The molecule has 0 N–H and O–H groups in total. The van der Waals surface area contributed by atoms with Crippen LogP contribution in [0.25, 0.3) is 11.6 Å². The molecular formula is C17H22N4O4. The largest absolute Gasteiger partial charge is 0.461 e. The fourth-order valence-corrected chi connectivity index (χ4v) is 3.46. The van der Waals surface area contributed by atoms with E-state index in [0.29, 0.717) is 50.3 Å². The van der Waals surface area contributed by atoms with E-state index < -0.39 is 0 Å². The van der Waals surface area contributed by atoms with E-state index in [-0.39, 0.29) is 11.8 Å². The minimum absolute atomic E-state index is 0.0410. The Labute approximate surface area is 145 Å². The van der Waals surface area contributed by atoms with Gasteiger partial charge in [0.1, 0.15) is 0 Å². The molecule has 2 aliphatic heterocycles. The van der Waals surface area contributed by atoms with Gasteiger partial charge in [-0.3, -0.25) is 9.69 Å². The first-order chi connectivity index (χ1) is 12.3. The highest BCUT2D eigenvalue weighted by molar-refractivity contribution is 5.79. The minimum atomic E-state index is 0.0410. The number of morpholine rings is 1. The lowest BCUT2D eigenvalue weighted by Crippen LogP contribution is -2.48. The monoisotopic (exact) mass is 346 g/mol. The quantitative estimate of drug-likeness (QED) is 0.827. The van der Waals surface area contributed by atoms with Gasteiger partial charge in [-0.25, -0.2) is 0 Å². The number of nitrogens with zero attached hydrogens (tertiary/aromatic N) is 4. The number of hydrogen-bond donors (Lipinski definition) is 0. The third-order valence-corrected chi connectivity index (χ3v) is 4.75. The minimum Gasteiger partial charge on any atom is -0.461 e. The summed E-state index contributed by atoms with van der Waals surface area (Å²) in [5, 5.41) is 3.96. The Kier molecular flexibility index (Phi) is 4.80. The molecule has 2 saturated heterocycles. The number of likely N-dealkylation sites (tertiary alicyclic amines) is 1. The second-order valence-corrected chi connectivity index (χ2v) is 6.50. The van der Waals surface area contributed by atoms with E-state index in [1.54, 1.807) is 18.4 Å². The van der Waals surface area contributed by atoms with Crippen LogP contribution in [-0.2, 0) is 16.1 Å². The van der Waals surface area contributed by atoms with Crippen molar-refractivity contribution in [2.24, 2.45) is 5.92 Å². The van der Waals surface area contributed by atoms with E-state index in [0.717, 1.165) is 25.9 Å². The van der Waals surface area contributed by atoms with Gasteiger partial charge in [0, 0.05) is 19.6 Å². The van der Waals surface area contributed by atoms with Crippen molar-refractivity contribution >= 4 is 5.91 Å². The van der Waals surface area contributed by atoms with E-state index in [9.17, 15) is 4.79 Å². The summed E-state index contributed by atoms with van der Waals surface area (Å²) in [6.07, 6.45) is 3.52. The Morgan fingerprint density at radius 2 is 2.16 bits per heavy atom. The summed E-state index contributed by atoms with van der Waals surface area (Å²) in [5.74, 6) is 1.88. The van der Waals surface area contributed by atoms with Crippen LogP contribution in [0.3, 0.4) is 0 Å². The van der Waals surface area contributed by atoms with Gasteiger partial charge < -0.3 is 18.6 Å². The summed E-state index contributed by atoms with van der Waals surface area (Å²) in [7, 11) is 0. The second kappa shape index (κ2) is 7.37. The number of rotatable bonds is 4. The number of piperidine rings is 1. The summed E-state index contributed by atoms with van der Waals surface area (Å²) in [4.78, 5) is 21.2. The van der Waals surface area contributed by atoms with Crippen LogP contribution in [-0.4, -0.2) is 65.2 Å². The number of ether oxygens (including phenoxy) is 1. The molecule has 0 unspecified atom stereocenters. The first-order valence-corrected chi connectivity index (χ1v) is 8.75. The predicted molar refractivity (Wildman–Crippen MR) is 87.4 cm³/mol. The number of hydrogen-bond acceptors (Lipinski definition) is 7. The molecule has 0 radical (unpaired) electrons. The molecular weight excluding hydrogens is 324 g/mol. The molecule has 0 aliphatic carbocycles. The van der Waals surface area contributed by atoms with Crippen LogP contribution in [0.15, 0.2) is 27.3 Å². The molecule has 0 aromatic carbocycles. The number of aromatic nitrogens is 2. The van der Waals surface area contributed by atoms with E-state index in [2.05, 4.69) is 15.0 Å². The van der Waals surface area contributed by atoms with Crippen LogP contribution in [0.2, 0.25) is 0 Å².